The molecule has 0 bridgehead atoms. The Bertz CT molecular complexity index is 515. The molecular formula is C15H18Cl2O4. The highest BCUT2D eigenvalue weighted by atomic mass is 35.5. The van der Waals surface area contributed by atoms with E-state index in [0.29, 0.717) is 34.6 Å². The van der Waals surface area contributed by atoms with Gasteiger partial charge in [0.1, 0.15) is 11.9 Å². The van der Waals surface area contributed by atoms with Crippen molar-refractivity contribution in [2.75, 3.05) is 19.8 Å². The minimum absolute atomic E-state index is 0.00410. The van der Waals surface area contributed by atoms with Gasteiger partial charge in [0.2, 0.25) is 0 Å². The summed E-state index contributed by atoms with van der Waals surface area (Å²) in [6, 6.07) is 3.31. The van der Waals surface area contributed by atoms with Crippen LogP contribution in [-0.4, -0.2) is 36.6 Å². The van der Waals surface area contributed by atoms with Crippen LogP contribution in [0.1, 0.15) is 24.8 Å². The summed E-state index contributed by atoms with van der Waals surface area (Å²) in [5.74, 6) is 0.518. The first kappa shape index (κ1) is 15.4. The largest absolute Gasteiger partial charge is 0.488 e. The Labute approximate surface area is 133 Å². The van der Waals surface area contributed by atoms with Gasteiger partial charge in [0.05, 0.1) is 30.4 Å². The van der Waals surface area contributed by atoms with E-state index in [0.717, 1.165) is 25.9 Å². The number of hydrogen-bond donors (Lipinski definition) is 1. The molecule has 6 heteroatoms. The van der Waals surface area contributed by atoms with Crippen molar-refractivity contribution in [2.24, 2.45) is 0 Å². The number of ether oxygens (including phenoxy) is 3. The fraction of sp³-hybridized carbons (Fsp3) is 0.600. The van der Waals surface area contributed by atoms with Crippen molar-refractivity contribution in [3.63, 3.8) is 0 Å². The highest BCUT2D eigenvalue weighted by molar-refractivity contribution is 6.35. The van der Waals surface area contributed by atoms with E-state index < -0.39 is 0 Å². The van der Waals surface area contributed by atoms with Gasteiger partial charge in [-0.1, -0.05) is 23.2 Å². The maximum atomic E-state index is 9.46. The molecule has 2 heterocycles. The second-order valence-corrected chi connectivity index (χ2v) is 6.44. The maximum Gasteiger partial charge on any atom is 0.143 e. The second kappa shape index (κ2) is 6.31. The lowest BCUT2D eigenvalue weighted by Gasteiger charge is -2.37. The van der Waals surface area contributed by atoms with Crippen molar-refractivity contribution >= 4 is 23.2 Å². The minimum Gasteiger partial charge on any atom is -0.488 e. The SMILES string of the molecule is OCc1cc(Cl)cc(Cl)c1OC1CCOC2(CCOC2)C1. The van der Waals surface area contributed by atoms with Crippen molar-refractivity contribution in [3.8, 4) is 5.75 Å². The average molecular weight is 333 g/mol. The summed E-state index contributed by atoms with van der Waals surface area (Å²) in [5.41, 5.74) is 0.386. The summed E-state index contributed by atoms with van der Waals surface area (Å²) in [4.78, 5) is 0. The molecule has 0 aliphatic carbocycles. The van der Waals surface area contributed by atoms with Crippen LogP contribution in [0.3, 0.4) is 0 Å². The zero-order chi connectivity index (χ0) is 14.9. The molecule has 3 rings (SSSR count). The van der Waals surface area contributed by atoms with Crippen LogP contribution in [0.25, 0.3) is 0 Å². The van der Waals surface area contributed by atoms with Gasteiger partial charge in [-0.15, -0.1) is 0 Å². The van der Waals surface area contributed by atoms with Crippen LogP contribution in [-0.2, 0) is 16.1 Å². The molecule has 116 valence electrons. The van der Waals surface area contributed by atoms with Crippen LogP contribution in [0, 0.1) is 0 Å². The van der Waals surface area contributed by atoms with Gasteiger partial charge in [-0.2, -0.15) is 0 Å². The van der Waals surface area contributed by atoms with E-state index >= 15 is 0 Å². The smallest absolute Gasteiger partial charge is 0.143 e. The Balaban J connectivity index is 1.77. The Morgan fingerprint density at radius 3 is 2.90 bits per heavy atom. The van der Waals surface area contributed by atoms with Crippen LogP contribution in [0.2, 0.25) is 10.0 Å². The lowest BCUT2D eigenvalue weighted by atomic mass is 9.91. The third-order valence-electron chi connectivity index (χ3n) is 4.06. The summed E-state index contributed by atoms with van der Waals surface area (Å²) >= 11 is 12.2. The van der Waals surface area contributed by atoms with Gasteiger partial charge in [-0.3, -0.25) is 0 Å². The molecule has 2 atom stereocenters. The van der Waals surface area contributed by atoms with Gasteiger partial charge in [0, 0.05) is 36.5 Å². The summed E-state index contributed by atoms with van der Waals surface area (Å²) < 4.78 is 17.4. The van der Waals surface area contributed by atoms with Crippen LogP contribution >= 0.6 is 23.2 Å². The van der Waals surface area contributed by atoms with E-state index in [4.69, 9.17) is 37.4 Å². The van der Waals surface area contributed by atoms with Gasteiger partial charge in [-0.05, 0) is 12.1 Å². The molecule has 2 aliphatic rings. The van der Waals surface area contributed by atoms with E-state index in [1.807, 2.05) is 0 Å². The van der Waals surface area contributed by atoms with Gasteiger partial charge in [0.25, 0.3) is 0 Å². The Hall–Kier alpha value is -0.520. The summed E-state index contributed by atoms with van der Waals surface area (Å²) in [7, 11) is 0. The Morgan fingerprint density at radius 1 is 1.33 bits per heavy atom. The van der Waals surface area contributed by atoms with E-state index in [1.54, 1.807) is 12.1 Å². The molecule has 0 aromatic heterocycles. The lowest BCUT2D eigenvalue weighted by Crippen LogP contribution is -2.44. The predicted molar refractivity (Wildman–Crippen MR) is 80.2 cm³/mol. The Kier molecular flexibility index (Phi) is 4.62. The van der Waals surface area contributed by atoms with Crippen LogP contribution in [0.15, 0.2) is 12.1 Å². The first-order valence-corrected chi connectivity index (χ1v) is 7.85. The maximum absolute atomic E-state index is 9.46. The highest BCUT2D eigenvalue weighted by Gasteiger charge is 2.42. The molecule has 0 radical (unpaired) electrons. The monoisotopic (exact) mass is 332 g/mol. The quantitative estimate of drug-likeness (QED) is 0.923. The summed E-state index contributed by atoms with van der Waals surface area (Å²) in [5, 5.41) is 10.4. The third-order valence-corrected chi connectivity index (χ3v) is 4.55. The number of rotatable bonds is 3. The third kappa shape index (κ3) is 3.30. The van der Waals surface area contributed by atoms with E-state index in [2.05, 4.69) is 0 Å². The van der Waals surface area contributed by atoms with Gasteiger partial charge in [0.15, 0.2) is 0 Å². The van der Waals surface area contributed by atoms with Gasteiger partial charge in [-0.25, -0.2) is 0 Å². The molecule has 2 aliphatic heterocycles. The fourth-order valence-corrected chi connectivity index (χ4v) is 3.56. The molecular weight excluding hydrogens is 315 g/mol. The predicted octanol–water partition coefficient (Wildman–Crippen LogP) is 3.20. The topological polar surface area (TPSA) is 47.9 Å². The lowest BCUT2D eigenvalue weighted by molar-refractivity contribution is -0.112. The number of aliphatic hydroxyl groups excluding tert-OH is 1. The standard InChI is InChI=1S/C15H18Cl2O4/c16-11-5-10(8-18)14(13(17)6-11)21-12-1-3-20-15(7-12)2-4-19-9-15/h5-6,12,18H,1-4,7-9H2. The molecule has 0 amide bonds. The van der Waals surface area contributed by atoms with Crippen molar-refractivity contribution in [1.29, 1.82) is 0 Å². The molecule has 4 nitrogen and oxygen atoms in total. The fourth-order valence-electron chi connectivity index (χ4n) is 2.98. The molecule has 2 saturated heterocycles. The van der Waals surface area contributed by atoms with Crippen molar-refractivity contribution < 1.29 is 19.3 Å². The molecule has 21 heavy (non-hydrogen) atoms. The average Bonchev–Trinajstić information content (AvgIpc) is 2.89. The molecule has 1 aromatic carbocycles. The normalized spacial score (nSPS) is 29.0. The molecule has 2 fully saturated rings. The van der Waals surface area contributed by atoms with E-state index in [9.17, 15) is 5.11 Å². The summed E-state index contributed by atoms with van der Waals surface area (Å²) in [6.07, 6.45) is 2.47. The number of aliphatic hydroxyl groups is 1. The van der Waals surface area contributed by atoms with E-state index in [-0.39, 0.29) is 18.3 Å². The number of halogens is 2. The van der Waals surface area contributed by atoms with Crippen molar-refractivity contribution in [2.45, 2.75) is 37.6 Å². The highest BCUT2D eigenvalue weighted by Crippen LogP contribution is 2.38. The molecule has 1 spiro atoms. The molecule has 2 unspecified atom stereocenters. The zero-order valence-electron chi connectivity index (χ0n) is 11.6. The number of hydrogen-bond acceptors (Lipinski definition) is 4. The van der Waals surface area contributed by atoms with Crippen LogP contribution in [0.4, 0.5) is 0 Å². The minimum atomic E-state index is -0.221. The van der Waals surface area contributed by atoms with Gasteiger partial charge < -0.3 is 19.3 Å². The Morgan fingerprint density at radius 2 is 2.19 bits per heavy atom. The summed E-state index contributed by atoms with van der Waals surface area (Å²) in [6.45, 7) is 1.84. The van der Waals surface area contributed by atoms with E-state index in [1.165, 1.54) is 0 Å². The molecule has 0 saturated carbocycles. The first-order chi connectivity index (χ1) is 10.1. The van der Waals surface area contributed by atoms with Crippen LogP contribution in [0.5, 0.6) is 5.75 Å². The number of benzene rings is 1. The van der Waals surface area contributed by atoms with Crippen molar-refractivity contribution in [3.05, 3.63) is 27.7 Å². The van der Waals surface area contributed by atoms with Crippen molar-refractivity contribution in [1.82, 2.24) is 0 Å². The molecule has 1 aromatic rings. The zero-order valence-corrected chi connectivity index (χ0v) is 13.1. The van der Waals surface area contributed by atoms with Crippen LogP contribution < -0.4 is 4.74 Å². The molecule has 1 N–H and O–H groups in total. The second-order valence-electron chi connectivity index (χ2n) is 5.60. The first-order valence-electron chi connectivity index (χ1n) is 7.09. The van der Waals surface area contributed by atoms with Gasteiger partial charge >= 0.3 is 0 Å².